The van der Waals surface area contributed by atoms with E-state index in [1.807, 2.05) is 0 Å². The van der Waals surface area contributed by atoms with Crippen LogP contribution in [0.1, 0.15) is 78.6 Å². The minimum absolute atomic E-state index is 0.225. The normalized spacial score (nSPS) is 12.4. The third kappa shape index (κ3) is 10.0. The fourth-order valence-electron chi connectivity index (χ4n) is 1.69. The van der Waals surface area contributed by atoms with Crippen LogP contribution in [0.15, 0.2) is 0 Å². The van der Waals surface area contributed by atoms with Crippen molar-refractivity contribution in [2.75, 3.05) is 0 Å². The summed E-state index contributed by atoms with van der Waals surface area (Å²) in [6, 6.07) is 0.331. The Morgan fingerprint density at radius 1 is 1.00 bits per heavy atom. The highest BCUT2D eigenvalue weighted by atomic mass is 16.1. The first-order valence-corrected chi connectivity index (χ1v) is 7.00. The summed E-state index contributed by atoms with van der Waals surface area (Å²) in [5.41, 5.74) is 0. The lowest BCUT2D eigenvalue weighted by atomic mass is 10.1. The van der Waals surface area contributed by atoms with Crippen LogP contribution in [0.3, 0.4) is 0 Å². The van der Waals surface area contributed by atoms with Crippen LogP contribution < -0.4 is 5.32 Å². The second-order valence-electron chi connectivity index (χ2n) is 4.75. The molecule has 2 heteroatoms. The third-order valence-electron chi connectivity index (χ3n) is 3.03. The van der Waals surface area contributed by atoms with Gasteiger partial charge in [-0.15, -0.1) is 0 Å². The van der Waals surface area contributed by atoms with E-state index in [-0.39, 0.29) is 5.91 Å². The molecule has 2 nitrogen and oxygen atoms in total. The van der Waals surface area contributed by atoms with Crippen LogP contribution in [0.4, 0.5) is 0 Å². The summed E-state index contributed by atoms with van der Waals surface area (Å²) in [6.45, 7) is 6.39. The van der Waals surface area contributed by atoms with Crippen molar-refractivity contribution in [3.8, 4) is 0 Å². The maximum absolute atomic E-state index is 11.4. The van der Waals surface area contributed by atoms with Crippen LogP contribution in [0.25, 0.3) is 0 Å². The Hall–Kier alpha value is -0.530. The number of unbranched alkanes of at least 4 members (excludes halogenated alkanes) is 6. The van der Waals surface area contributed by atoms with Crippen LogP contribution in [0.2, 0.25) is 0 Å². The van der Waals surface area contributed by atoms with E-state index >= 15 is 0 Å². The Kier molecular flexibility index (Phi) is 10.6. The summed E-state index contributed by atoms with van der Waals surface area (Å²) in [4.78, 5) is 11.4. The van der Waals surface area contributed by atoms with Gasteiger partial charge in [0.2, 0.25) is 5.91 Å². The molecule has 96 valence electrons. The van der Waals surface area contributed by atoms with Crippen molar-refractivity contribution in [1.29, 1.82) is 0 Å². The predicted molar refractivity (Wildman–Crippen MR) is 70.5 cm³/mol. The van der Waals surface area contributed by atoms with Gasteiger partial charge < -0.3 is 5.32 Å². The highest BCUT2D eigenvalue weighted by Gasteiger charge is 2.04. The van der Waals surface area contributed by atoms with Crippen LogP contribution in [-0.2, 0) is 4.79 Å². The van der Waals surface area contributed by atoms with Crippen molar-refractivity contribution in [1.82, 2.24) is 5.32 Å². The van der Waals surface area contributed by atoms with Crippen LogP contribution >= 0.6 is 0 Å². The van der Waals surface area contributed by atoms with E-state index in [0.29, 0.717) is 12.5 Å². The minimum atomic E-state index is 0.225. The summed E-state index contributed by atoms with van der Waals surface area (Å²) in [5, 5.41) is 3.00. The van der Waals surface area contributed by atoms with Gasteiger partial charge in [-0.3, -0.25) is 4.79 Å². The molecule has 0 aliphatic rings. The fraction of sp³-hybridized carbons (Fsp3) is 0.929. The highest BCUT2D eigenvalue weighted by molar-refractivity contribution is 5.76. The molecule has 0 radical (unpaired) electrons. The molecule has 0 fully saturated rings. The van der Waals surface area contributed by atoms with Gasteiger partial charge in [-0.05, 0) is 19.8 Å². The van der Waals surface area contributed by atoms with Crippen molar-refractivity contribution in [3.63, 3.8) is 0 Å². The lowest BCUT2D eigenvalue weighted by Crippen LogP contribution is -2.31. The Balaban J connectivity index is 3.21. The van der Waals surface area contributed by atoms with Gasteiger partial charge in [0.25, 0.3) is 0 Å². The van der Waals surface area contributed by atoms with Crippen molar-refractivity contribution in [3.05, 3.63) is 0 Å². The maximum Gasteiger partial charge on any atom is 0.220 e. The zero-order chi connectivity index (χ0) is 12.2. The van der Waals surface area contributed by atoms with E-state index in [9.17, 15) is 4.79 Å². The van der Waals surface area contributed by atoms with E-state index < -0.39 is 0 Å². The molecule has 0 bridgehead atoms. The Labute approximate surface area is 101 Å². The van der Waals surface area contributed by atoms with Crippen LogP contribution in [0, 0.1) is 0 Å². The van der Waals surface area contributed by atoms with Gasteiger partial charge >= 0.3 is 0 Å². The van der Waals surface area contributed by atoms with Gasteiger partial charge in [0.1, 0.15) is 0 Å². The minimum Gasteiger partial charge on any atom is -0.354 e. The molecular weight excluding hydrogens is 198 g/mol. The quantitative estimate of drug-likeness (QED) is 0.561. The number of hydrogen-bond donors (Lipinski definition) is 1. The first kappa shape index (κ1) is 15.5. The SMILES string of the molecule is CCCCCCCCCC(=O)N[C@H](C)CC. The van der Waals surface area contributed by atoms with Gasteiger partial charge in [-0.1, -0.05) is 52.4 Å². The Morgan fingerprint density at radius 3 is 2.12 bits per heavy atom. The molecule has 1 amide bonds. The largest absolute Gasteiger partial charge is 0.354 e. The summed E-state index contributed by atoms with van der Waals surface area (Å²) in [7, 11) is 0. The van der Waals surface area contributed by atoms with Crippen molar-refractivity contribution < 1.29 is 4.79 Å². The highest BCUT2D eigenvalue weighted by Crippen LogP contribution is 2.08. The lowest BCUT2D eigenvalue weighted by molar-refractivity contribution is -0.121. The summed E-state index contributed by atoms with van der Waals surface area (Å²) in [6.07, 6.45) is 10.6. The molecule has 1 N–H and O–H groups in total. The average molecular weight is 227 g/mol. The third-order valence-corrected chi connectivity index (χ3v) is 3.03. The first-order valence-electron chi connectivity index (χ1n) is 7.00. The molecule has 0 aromatic heterocycles. The molecule has 16 heavy (non-hydrogen) atoms. The Morgan fingerprint density at radius 2 is 1.56 bits per heavy atom. The summed E-state index contributed by atoms with van der Waals surface area (Å²) < 4.78 is 0. The van der Waals surface area contributed by atoms with E-state index in [0.717, 1.165) is 12.8 Å². The average Bonchev–Trinajstić information content (AvgIpc) is 2.27. The van der Waals surface area contributed by atoms with Crippen molar-refractivity contribution in [2.45, 2.75) is 84.6 Å². The van der Waals surface area contributed by atoms with Gasteiger partial charge in [0, 0.05) is 12.5 Å². The molecular formula is C14H29NO. The smallest absolute Gasteiger partial charge is 0.220 e. The molecule has 0 spiro atoms. The van der Waals surface area contributed by atoms with Crippen molar-refractivity contribution >= 4 is 5.91 Å². The van der Waals surface area contributed by atoms with Crippen LogP contribution in [0.5, 0.6) is 0 Å². The molecule has 0 aliphatic carbocycles. The monoisotopic (exact) mass is 227 g/mol. The molecule has 0 heterocycles. The van der Waals surface area contributed by atoms with Gasteiger partial charge in [-0.2, -0.15) is 0 Å². The van der Waals surface area contributed by atoms with Crippen molar-refractivity contribution in [2.24, 2.45) is 0 Å². The maximum atomic E-state index is 11.4. The second-order valence-corrected chi connectivity index (χ2v) is 4.75. The zero-order valence-corrected chi connectivity index (χ0v) is 11.3. The molecule has 0 unspecified atom stereocenters. The molecule has 0 aliphatic heterocycles. The Bertz CT molecular complexity index is 168. The summed E-state index contributed by atoms with van der Waals surface area (Å²) in [5.74, 6) is 0.225. The molecule has 0 saturated heterocycles. The number of nitrogens with one attached hydrogen (secondary N) is 1. The summed E-state index contributed by atoms with van der Waals surface area (Å²) >= 11 is 0. The zero-order valence-electron chi connectivity index (χ0n) is 11.3. The first-order chi connectivity index (χ1) is 7.70. The number of hydrogen-bond acceptors (Lipinski definition) is 1. The number of rotatable bonds is 10. The predicted octanol–water partition coefficient (Wildman–Crippen LogP) is 4.04. The molecule has 1 atom stereocenters. The lowest BCUT2D eigenvalue weighted by Gasteiger charge is -2.10. The van der Waals surface area contributed by atoms with E-state index in [1.54, 1.807) is 0 Å². The van der Waals surface area contributed by atoms with E-state index in [2.05, 4.69) is 26.1 Å². The van der Waals surface area contributed by atoms with Gasteiger partial charge in [-0.25, -0.2) is 0 Å². The van der Waals surface area contributed by atoms with Gasteiger partial charge in [0.15, 0.2) is 0 Å². The standard InChI is InChI=1S/C14H29NO/c1-4-6-7-8-9-10-11-12-14(16)15-13(3)5-2/h13H,4-12H2,1-3H3,(H,15,16)/t13-/m1/s1. The molecule has 0 aromatic carbocycles. The topological polar surface area (TPSA) is 29.1 Å². The fourth-order valence-corrected chi connectivity index (χ4v) is 1.69. The number of carbonyl (C=O) groups excluding carboxylic acids is 1. The second kappa shape index (κ2) is 11.0. The molecule has 0 saturated carbocycles. The number of carbonyl (C=O) groups is 1. The van der Waals surface area contributed by atoms with E-state index in [4.69, 9.17) is 0 Å². The van der Waals surface area contributed by atoms with Crippen LogP contribution in [-0.4, -0.2) is 11.9 Å². The molecule has 0 rings (SSSR count). The van der Waals surface area contributed by atoms with E-state index in [1.165, 1.54) is 38.5 Å². The molecule has 0 aromatic rings. The number of amides is 1. The van der Waals surface area contributed by atoms with Gasteiger partial charge in [0.05, 0.1) is 0 Å².